The number of methoxy groups -OCH3 is 1. The summed E-state index contributed by atoms with van der Waals surface area (Å²) in [6, 6.07) is 6.06. The van der Waals surface area contributed by atoms with Gasteiger partial charge in [0.05, 0.1) is 17.3 Å². The van der Waals surface area contributed by atoms with Gasteiger partial charge in [0.2, 0.25) is 0 Å². The molecule has 0 amide bonds. The van der Waals surface area contributed by atoms with Crippen LogP contribution in [0, 0.1) is 0 Å². The second-order valence-electron chi connectivity index (χ2n) is 4.04. The molecule has 0 unspecified atom stereocenters. The van der Waals surface area contributed by atoms with Crippen molar-refractivity contribution in [3.05, 3.63) is 30.4 Å². The van der Waals surface area contributed by atoms with Crippen LogP contribution in [-0.4, -0.2) is 25.2 Å². The molecule has 0 radical (unpaired) electrons. The Kier molecular flexibility index (Phi) is 2.73. The lowest BCUT2D eigenvalue weighted by molar-refractivity contribution is 0.415. The zero-order chi connectivity index (χ0) is 11.7. The maximum absolute atomic E-state index is 5.22. The van der Waals surface area contributed by atoms with E-state index in [2.05, 4.69) is 28.1 Å². The maximum Gasteiger partial charge on any atom is 0.186 e. The number of ether oxygens (including phenoxy) is 1. The Hall–Kier alpha value is -1.55. The molecule has 1 aromatic carbocycles. The van der Waals surface area contributed by atoms with Crippen LogP contribution in [0.15, 0.2) is 30.4 Å². The van der Waals surface area contributed by atoms with Crippen LogP contribution in [0.1, 0.15) is 6.42 Å². The number of fused-ring (bicyclic) bond motifs is 1. The van der Waals surface area contributed by atoms with Crippen LogP contribution in [0.4, 0.5) is 5.13 Å². The minimum atomic E-state index is 0.868. The highest BCUT2D eigenvalue weighted by molar-refractivity contribution is 7.22. The summed E-state index contributed by atoms with van der Waals surface area (Å²) in [7, 11) is 1.68. The van der Waals surface area contributed by atoms with Crippen molar-refractivity contribution in [1.29, 1.82) is 0 Å². The first-order valence-electron chi connectivity index (χ1n) is 5.71. The molecule has 0 saturated heterocycles. The predicted molar refractivity (Wildman–Crippen MR) is 72.1 cm³/mol. The highest BCUT2D eigenvalue weighted by atomic mass is 32.1. The normalized spacial score (nSPS) is 15.5. The van der Waals surface area contributed by atoms with Crippen molar-refractivity contribution in [3.8, 4) is 5.75 Å². The van der Waals surface area contributed by atoms with Crippen LogP contribution in [-0.2, 0) is 0 Å². The van der Waals surface area contributed by atoms with Gasteiger partial charge in [0.1, 0.15) is 5.75 Å². The summed E-state index contributed by atoms with van der Waals surface area (Å²) in [6.07, 6.45) is 5.54. The first-order chi connectivity index (χ1) is 8.36. The van der Waals surface area contributed by atoms with Crippen LogP contribution in [0.25, 0.3) is 10.2 Å². The summed E-state index contributed by atoms with van der Waals surface area (Å²) >= 11 is 1.75. The number of aromatic nitrogens is 1. The molecule has 2 heterocycles. The molecule has 0 N–H and O–H groups in total. The quantitative estimate of drug-likeness (QED) is 0.761. The molecule has 1 aliphatic heterocycles. The van der Waals surface area contributed by atoms with E-state index < -0.39 is 0 Å². The standard InChI is InChI=1S/C13H14N2OS/c1-16-10-5-6-12-11(9-10)14-13(17-12)15-7-3-2-4-8-15/h2-3,5-6,9H,4,7-8H2,1H3. The van der Waals surface area contributed by atoms with Crippen molar-refractivity contribution < 1.29 is 4.74 Å². The maximum atomic E-state index is 5.22. The fourth-order valence-electron chi connectivity index (χ4n) is 1.97. The summed E-state index contributed by atoms with van der Waals surface area (Å²) in [6.45, 7) is 2.03. The van der Waals surface area contributed by atoms with E-state index in [-0.39, 0.29) is 0 Å². The molecule has 0 aliphatic carbocycles. The lowest BCUT2D eigenvalue weighted by atomic mass is 10.3. The van der Waals surface area contributed by atoms with E-state index in [4.69, 9.17) is 4.74 Å². The topological polar surface area (TPSA) is 25.4 Å². The molecular formula is C13H14N2OS. The second kappa shape index (κ2) is 4.37. The number of thiazole rings is 1. The van der Waals surface area contributed by atoms with Crippen molar-refractivity contribution >= 4 is 26.7 Å². The Balaban J connectivity index is 1.98. The largest absolute Gasteiger partial charge is 0.497 e. The zero-order valence-electron chi connectivity index (χ0n) is 9.72. The van der Waals surface area contributed by atoms with Gasteiger partial charge in [0.25, 0.3) is 0 Å². The van der Waals surface area contributed by atoms with E-state index in [1.165, 1.54) is 4.70 Å². The number of anilines is 1. The summed E-state index contributed by atoms with van der Waals surface area (Å²) in [5.74, 6) is 0.868. The molecule has 3 nitrogen and oxygen atoms in total. The van der Waals surface area contributed by atoms with Gasteiger partial charge in [0, 0.05) is 19.2 Å². The van der Waals surface area contributed by atoms with Crippen LogP contribution in [0.5, 0.6) is 5.75 Å². The molecule has 0 saturated carbocycles. The predicted octanol–water partition coefficient (Wildman–Crippen LogP) is 3.07. The molecule has 0 bridgehead atoms. The second-order valence-corrected chi connectivity index (χ2v) is 5.05. The third-order valence-corrected chi connectivity index (χ3v) is 4.01. The summed E-state index contributed by atoms with van der Waals surface area (Å²) in [5, 5.41) is 1.11. The molecular weight excluding hydrogens is 232 g/mol. The minimum Gasteiger partial charge on any atom is -0.497 e. The van der Waals surface area contributed by atoms with E-state index in [1.807, 2.05) is 12.1 Å². The van der Waals surface area contributed by atoms with E-state index >= 15 is 0 Å². The van der Waals surface area contributed by atoms with Crippen molar-refractivity contribution in [2.24, 2.45) is 0 Å². The van der Waals surface area contributed by atoms with Gasteiger partial charge in [-0.15, -0.1) is 0 Å². The number of hydrogen-bond acceptors (Lipinski definition) is 4. The number of rotatable bonds is 2. The highest BCUT2D eigenvalue weighted by Gasteiger charge is 2.12. The number of nitrogens with zero attached hydrogens (tertiary/aromatic N) is 2. The molecule has 3 rings (SSSR count). The van der Waals surface area contributed by atoms with Crippen molar-refractivity contribution in [2.45, 2.75) is 6.42 Å². The first kappa shape index (κ1) is 10.6. The zero-order valence-corrected chi connectivity index (χ0v) is 10.5. The van der Waals surface area contributed by atoms with Gasteiger partial charge in [-0.1, -0.05) is 23.5 Å². The van der Waals surface area contributed by atoms with Crippen molar-refractivity contribution in [3.63, 3.8) is 0 Å². The molecule has 4 heteroatoms. The van der Waals surface area contributed by atoms with Gasteiger partial charge in [-0.3, -0.25) is 0 Å². The monoisotopic (exact) mass is 246 g/mol. The van der Waals surface area contributed by atoms with Crippen LogP contribution < -0.4 is 9.64 Å². The number of benzene rings is 1. The molecule has 0 atom stereocenters. The van der Waals surface area contributed by atoms with E-state index in [1.54, 1.807) is 18.4 Å². The van der Waals surface area contributed by atoms with E-state index in [0.29, 0.717) is 0 Å². The Morgan fingerprint density at radius 3 is 3.06 bits per heavy atom. The molecule has 1 aromatic heterocycles. The Labute approximate surface area is 104 Å². The molecule has 2 aromatic rings. The average Bonchev–Trinajstić information content (AvgIpc) is 2.82. The van der Waals surface area contributed by atoms with Crippen LogP contribution in [0.3, 0.4) is 0 Å². The first-order valence-corrected chi connectivity index (χ1v) is 6.53. The van der Waals surface area contributed by atoms with E-state index in [0.717, 1.165) is 35.9 Å². The molecule has 17 heavy (non-hydrogen) atoms. The number of hydrogen-bond donors (Lipinski definition) is 0. The van der Waals surface area contributed by atoms with Crippen molar-refractivity contribution in [1.82, 2.24) is 4.98 Å². The smallest absolute Gasteiger partial charge is 0.186 e. The van der Waals surface area contributed by atoms with Gasteiger partial charge < -0.3 is 9.64 Å². The van der Waals surface area contributed by atoms with Gasteiger partial charge in [-0.25, -0.2) is 4.98 Å². The van der Waals surface area contributed by atoms with Gasteiger partial charge in [-0.2, -0.15) is 0 Å². The Morgan fingerprint density at radius 2 is 2.29 bits per heavy atom. The Morgan fingerprint density at radius 1 is 1.35 bits per heavy atom. The minimum absolute atomic E-state index is 0.868. The Bertz CT molecular complexity index is 562. The van der Waals surface area contributed by atoms with Gasteiger partial charge in [-0.05, 0) is 18.6 Å². The van der Waals surface area contributed by atoms with Crippen LogP contribution in [0.2, 0.25) is 0 Å². The fourth-order valence-corrected chi connectivity index (χ4v) is 2.95. The third kappa shape index (κ3) is 2.00. The van der Waals surface area contributed by atoms with Gasteiger partial charge in [0.15, 0.2) is 5.13 Å². The summed E-state index contributed by atoms with van der Waals surface area (Å²) in [5.41, 5.74) is 1.03. The third-order valence-electron chi connectivity index (χ3n) is 2.91. The SMILES string of the molecule is COc1ccc2sc(N3CC=CCC3)nc2c1. The molecule has 0 fully saturated rings. The lowest BCUT2D eigenvalue weighted by Gasteiger charge is -2.21. The van der Waals surface area contributed by atoms with E-state index in [9.17, 15) is 0 Å². The molecule has 88 valence electrons. The lowest BCUT2D eigenvalue weighted by Crippen LogP contribution is -2.26. The molecule has 0 spiro atoms. The van der Waals surface area contributed by atoms with Crippen molar-refractivity contribution in [2.75, 3.05) is 25.1 Å². The summed E-state index contributed by atoms with van der Waals surface area (Å²) < 4.78 is 6.43. The fraction of sp³-hybridized carbons (Fsp3) is 0.308. The van der Waals surface area contributed by atoms with Crippen LogP contribution >= 0.6 is 11.3 Å². The summed E-state index contributed by atoms with van der Waals surface area (Å²) in [4.78, 5) is 6.99. The van der Waals surface area contributed by atoms with Gasteiger partial charge >= 0.3 is 0 Å². The highest BCUT2D eigenvalue weighted by Crippen LogP contribution is 2.31. The molecule has 1 aliphatic rings. The average molecular weight is 246 g/mol.